The van der Waals surface area contributed by atoms with E-state index in [1.165, 1.54) is 0 Å². The Hall–Kier alpha value is 1.56. The Bertz CT molecular complexity index is 381. The van der Waals surface area contributed by atoms with E-state index in [9.17, 15) is 13.0 Å². The molecule has 0 heterocycles. The van der Waals surface area contributed by atoms with Crippen molar-refractivity contribution in [1.82, 2.24) is 0 Å². The number of hydrogen-bond donors (Lipinski definition) is 1. The van der Waals surface area contributed by atoms with Crippen molar-refractivity contribution in [1.29, 1.82) is 0 Å². The molecule has 0 radical (unpaired) electrons. The molecule has 0 rings (SSSR count). The zero-order valence-electron chi connectivity index (χ0n) is 14.1. The summed E-state index contributed by atoms with van der Waals surface area (Å²) in [5.41, 5.74) is 0. The molecule has 0 aliphatic rings. The van der Waals surface area contributed by atoms with E-state index in [0.29, 0.717) is 6.42 Å². The van der Waals surface area contributed by atoms with E-state index in [4.69, 9.17) is 0 Å². The maximum atomic E-state index is 11.3. The average Bonchev–Trinajstić information content (AvgIpc) is 1.92. The Morgan fingerprint density at radius 2 is 1.05 bits per heavy atom. The van der Waals surface area contributed by atoms with Gasteiger partial charge in [0, 0.05) is 24.2 Å². The van der Waals surface area contributed by atoms with E-state index in [-0.39, 0.29) is 39.6 Å². The third-order valence-electron chi connectivity index (χ3n) is 4.58. The van der Waals surface area contributed by atoms with Crippen LogP contribution < -0.4 is 0 Å². The fraction of sp³-hybridized carbons (Fsp3) is 1.00. The van der Waals surface area contributed by atoms with Crippen LogP contribution in [0, 0.1) is 0 Å². The molecule has 3 nitrogen and oxygen atoms in total. The Labute approximate surface area is 151 Å². The molecule has 1 N–H and O–H groups in total. The molecular weight excluding hydrogens is 331 g/mol. The predicted octanol–water partition coefficient (Wildman–Crippen LogP) is 3.45. The standard InChI is InChI=1S/C12H32O3SSi3.Na.H/c1-17(2,3)12(18(4,5)6,19(7,8)9)10-11-16(13,14)15;;/h10-11H2,1-9H3,(H,13,14,15);;. The first kappa shape index (κ1) is 23.8. The van der Waals surface area contributed by atoms with Gasteiger partial charge in [-0.3, -0.25) is 4.55 Å². The van der Waals surface area contributed by atoms with E-state index < -0.39 is 34.3 Å². The molecule has 0 aromatic carbocycles. The summed E-state index contributed by atoms with van der Waals surface area (Å²) >= 11 is 0. The summed E-state index contributed by atoms with van der Waals surface area (Å²) in [5.74, 6) is -0.0776. The Morgan fingerprint density at radius 1 is 0.800 bits per heavy atom. The molecule has 0 amide bonds. The van der Waals surface area contributed by atoms with Gasteiger partial charge in [0.15, 0.2) is 0 Å². The van der Waals surface area contributed by atoms with Gasteiger partial charge in [0.1, 0.15) is 0 Å². The quantitative estimate of drug-likeness (QED) is 0.580. The molecule has 0 unspecified atom stereocenters. The summed E-state index contributed by atoms with van der Waals surface area (Å²) in [4.78, 5) is 0. The van der Waals surface area contributed by atoms with Crippen molar-refractivity contribution in [2.75, 3.05) is 5.75 Å². The van der Waals surface area contributed by atoms with Crippen LogP contribution in [-0.2, 0) is 10.1 Å². The molecule has 0 fully saturated rings. The van der Waals surface area contributed by atoms with Gasteiger partial charge >= 0.3 is 29.6 Å². The zero-order chi connectivity index (χ0) is 15.9. The van der Waals surface area contributed by atoms with Crippen LogP contribution in [0.25, 0.3) is 0 Å². The summed E-state index contributed by atoms with van der Waals surface area (Å²) in [7, 11) is -8.55. The summed E-state index contributed by atoms with van der Waals surface area (Å²) < 4.78 is 31.9. The first-order valence-electron chi connectivity index (χ1n) is 6.91. The fourth-order valence-corrected chi connectivity index (χ4v) is 35.5. The minimum atomic E-state index is -3.87. The van der Waals surface area contributed by atoms with E-state index in [2.05, 4.69) is 58.9 Å². The molecular formula is C12H33NaO3SSi3. The van der Waals surface area contributed by atoms with Crippen LogP contribution in [0.3, 0.4) is 0 Å². The molecule has 0 saturated heterocycles. The van der Waals surface area contributed by atoms with Crippen LogP contribution in [0.5, 0.6) is 0 Å². The molecule has 0 spiro atoms. The molecule has 0 aliphatic heterocycles. The van der Waals surface area contributed by atoms with Crippen molar-refractivity contribution in [3.63, 3.8) is 0 Å². The Kier molecular flexibility index (Phi) is 8.32. The second-order valence-corrected chi connectivity index (χ2v) is 27.8. The van der Waals surface area contributed by atoms with Gasteiger partial charge in [-0.1, -0.05) is 58.9 Å². The van der Waals surface area contributed by atoms with E-state index in [1.807, 2.05) is 0 Å². The Balaban J connectivity index is 0. The molecule has 0 aliphatic carbocycles. The summed E-state index contributed by atoms with van der Waals surface area (Å²) in [6, 6.07) is 0. The van der Waals surface area contributed by atoms with E-state index in [0.717, 1.165) is 0 Å². The van der Waals surface area contributed by atoms with Crippen LogP contribution in [0.4, 0.5) is 0 Å². The molecule has 0 bridgehead atoms. The third-order valence-corrected chi connectivity index (χ3v) is 27.2. The van der Waals surface area contributed by atoms with Gasteiger partial charge in [-0.2, -0.15) is 8.42 Å². The topological polar surface area (TPSA) is 54.4 Å². The molecule has 118 valence electrons. The predicted molar refractivity (Wildman–Crippen MR) is 101 cm³/mol. The van der Waals surface area contributed by atoms with Crippen molar-refractivity contribution >= 4 is 63.9 Å². The van der Waals surface area contributed by atoms with Crippen LogP contribution in [0.2, 0.25) is 63.2 Å². The van der Waals surface area contributed by atoms with Gasteiger partial charge < -0.3 is 0 Å². The van der Waals surface area contributed by atoms with Gasteiger partial charge in [-0.25, -0.2) is 0 Å². The Morgan fingerprint density at radius 3 is 1.20 bits per heavy atom. The molecule has 8 heteroatoms. The van der Waals surface area contributed by atoms with Gasteiger partial charge in [0.2, 0.25) is 0 Å². The van der Waals surface area contributed by atoms with Crippen molar-refractivity contribution < 1.29 is 13.0 Å². The number of rotatable bonds is 6. The number of hydrogen-bond acceptors (Lipinski definition) is 2. The third kappa shape index (κ3) is 5.33. The summed E-state index contributed by atoms with van der Waals surface area (Å²) in [6.45, 7) is 21.3. The monoisotopic (exact) mass is 364 g/mol. The van der Waals surface area contributed by atoms with E-state index >= 15 is 0 Å². The first-order valence-corrected chi connectivity index (χ1v) is 19.0. The fourth-order valence-electron chi connectivity index (χ4n) is 4.78. The summed E-state index contributed by atoms with van der Waals surface area (Å²) in [5, 5.41) is 0. The van der Waals surface area contributed by atoms with Crippen molar-refractivity contribution in [3.8, 4) is 0 Å². The maximum absolute atomic E-state index is 11.3. The van der Waals surface area contributed by atoms with Crippen LogP contribution in [0.1, 0.15) is 6.42 Å². The molecule has 0 aromatic rings. The van der Waals surface area contributed by atoms with Gasteiger partial charge in [0.25, 0.3) is 10.1 Å². The molecule has 0 atom stereocenters. The minimum absolute atomic E-state index is 0. The molecule has 0 aromatic heterocycles. The second kappa shape index (κ2) is 6.98. The second-order valence-electron chi connectivity index (χ2n) is 8.69. The molecule has 20 heavy (non-hydrogen) atoms. The zero-order valence-corrected chi connectivity index (χ0v) is 17.9. The van der Waals surface area contributed by atoms with Gasteiger partial charge in [0.05, 0.1) is 5.75 Å². The van der Waals surface area contributed by atoms with Crippen molar-refractivity contribution in [2.24, 2.45) is 0 Å². The average molecular weight is 365 g/mol. The van der Waals surface area contributed by atoms with Crippen LogP contribution >= 0.6 is 0 Å². The van der Waals surface area contributed by atoms with Gasteiger partial charge in [-0.15, -0.1) is 0 Å². The molecule has 0 saturated carbocycles. The van der Waals surface area contributed by atoms with Crippen LogP contribution in [-0.4, -0.2) is 72.5 Å². The first-order chi connectivity index (χ1) is 7.96. The van der Waals surface area contributed by atoms with Crippen LogP contribution in [0.15, 0.2) is 0 Å². The van der Waals surface area contributed by atoms with Crippen molar-refractivity contribution in [2.45, 2.75) is 69.6 Å². The van der Waals surface area contributed by atoms with Gasteiger partial charge in [-0.05, 0) is 10.7 Å². The summed E-state index contributed by atoms with van der Waals surface area (Å²) in [6.07, 6.45) is 0.646. The van der Waals surface area contributed by atoms with Crippen molar-refractivity contribution in [3.05, 3.63) is 0 Å². The SMILES string of the molecule is C[Si](C)(C)C(CCS(=O)(=O)O)([Si](C)(C)C)[Si](C)(C)C.[NaH]. The normalized spacial score (nSPS) is 14.9. The van der Waals surface area contributed by atoms with E-state index in [1.54, 1.807) is 0 Å².